The Kier molecular flexibility index (Phi) is 2.65. The highest BCUT2D eigenvalue weighted by Crippen LogP contribution is 2.40. The van der Waals surface area contributed by atoms with Gasteiger partial charge < -0.3 is 0 Å². The van der Waals surface area contributed by atoms with Crippen molar-refractivity contribution in [3.63, 3.8) is 0 Å². The van der Waals surface area contributed by atoms with Gasteiger partial charge in [0.05, 0.1) is 12.2 Å². The number of rotatable bonds is 4. The Bertz CT molecular complexity index is 540. The fraction of sp³-hybridized carbons (Fsp3) is 0.571. The maximum absolute atomic E-state index is 4.36. The van der Waals surface area contributed by atoms with Crippen LogP contribution in [-0.4, -0.2) is 38.0 Å². The number of likely N-dealkylation sites (tertiary alicyclic amines) is 1. The number of nitrogens with zero attached hydrogens (tertiary/aromatic N) is 4. The van der Waals surface area contributed by atoms with Gasteiger partial charge >= 0.3 is 0 Å². The molecule has 0 aromatic carbocycles. The monoisotopic (exact) mass is 257 g/mol. The van der Waals surface area contributed by atoms with Gasteiger partial charge in [-0.15, -0.1) is 0 Å². The molecule has 2 aromatic heterocycles. The summed E-state index contributed by atoms with van der Waals surface area (Å²) in [6.07, 6.45) is 9.79. The molecule has 1 atom stereocenters. The third-order valence-corrected chi connectivity index (χ3v) is 4.28. The van der Waals surface area contributed by atoms with E-state index in [2.05, 4.69) is 31.1 Å². The first-order valence-corrected chi connectivity index (χ1v) is 7.14. The lowest BCUT2D eigenvalue weighted by molar-refractivity contribution is 0.311. The Morgan fingerprint density at radius 3 is 3.05 bits per heavy atom. The zero-order chi connectivity index (χ0) is 12.7. The molecular weight excluding hydrogens is 238 g/mol. The summed E-state index contributed by atoms with van der Waals surface area (Å²) in [7, 11) is 0. The van der Waals surface area contributed by atoms with Crippen molar-refractivity contribution in [2.24, 2.45) is 0 Å². The summed E-state index contributed by atoms with van der Waals surface area (Å²) in [4.78, 5) is 2.52. The number of aromatic amines is 1. The van der Waals surface area contributed by atoms with E-state index >= 15 is 0 Å². The smallest absolute Gasteiger partial charge is 0.0658 e. The Hall–Kier alpha value is -1.62. The van der Waals surface area contributed by atoms with Crippen molar-refractivity contribution in [1.82, 2.24) is 24.9 Å². The van der Waals surface area contributed by atoms with Gasteiger partial charge in [-0.1, -0.05) is 0 Å². The molecule has 1 saturated heterocycles. The van der Waals surface area contributed by atoms with Crippen molar-refractivity contribution in [2.45, 2.75) is 37.8 Å². The summed E-state index contributed by atoms with van der Waals surface area (Å²) in [5.41, 5.74) is 2.77. The SMILES string of the molecule is c1cnn(C2CCN(Cc3cn[nH]c3C3CC3)C2)c1. The molecule has 1 aliphatic carbocycles. The van der Waals surface area contributed by atoms with Crippen LogP contribution in [0.1, 0.15) is 42.5 Å². The Balaban J connectivity index is 1.42. The Labute approximate surface area is 112 Å². The number of hydrogen-bond donors (Lipinski definition) is 1. The molecule has 3 heterocycles. The van der Waals surface area contributed by atoms with Crippen molar-refractivity contribution in [1.29, 1.82) is 0 Å². The van der Waals surface area contributed by atoms with Crippen LogP contribution in [0.2, 0.25) is 0 Å². The average Bonchev–Trinajstić information content (AvgIpc) is 2.91. The molecule has 100 valence electrons. The second kappa shape index (κ2) is 4.49. The zero-order valence-corrected chi connectivity index (χ0v) is 11.0. The highest BCUT2D eigenvalue weighted by molar-refractivity contribution is 5.24. The van der Waals surface area contributed by atoms with Crippen molar-refractivity contribution in [3.8, 4) is 0 Å². The molecule has 5 heteroatoms. The summed E-state index contributed by atoms with van der Waals surface area (Å²) >= 11 is 0. The van der Waals surface area contributed by atoms with E-state index in [-0.39, 0.29) is 0 Å². The lowest BCUT2D eigenvalue weighted by atomic mass is 10.2. The normalized spacial score (nSPS) is 24.1. The second-order valence-electron chi connectivity index (χ2n) is 5.75. The molecule has 1 N–H and O–H groups in total. The molecule has 0 radical (unpaired) electrons. The molecule has 2 aliphatic rings. The standard InChI is InChI=1S/C14H19N5/c1-5-16-19(6-1)13-4-7-18(10-13)9-12-8-15-17-14(12)11-2-3-11/h1,5-6,8,11,13H,2-4,7,9-10H2,(H,15,17). The third kappa shape index (κ3) is 2.18. The fourth-order valence-corrected chi connectivity index (χ4v) is 3.08. The molecule has 0 amide bonds. The molecule has 2 fully saturated rings. The van der Waals surface area contributed by atoms with E-state index in [4.69, 9.17) is 0 Å². The van der Waals surface area contributed by atoms with Crippen LogP contribution < -0.4 is 0 Å². The van der Waals surface area contributed by atoms with Gasteiger partial charge in [0.15, 0.2) is 0 Å². The molecule has 1 saturated carbocycles. The van der Waals surface area contributed by atoms with Crippen LogP contribution in [-0.2, 0) is 6.54 Å². The number of aromatic nitrogens is 4. The lowest BCUT2D eigenvalue weighted by Gasteiger charge is -2.16. The van der Waals surface area contributed by atoms with Crippen molar-refractivity contribution in [2.75, 3.05) is 13.1 Å². The van der Waals surface area contributed by atoms with E-state index in [1.807, 2.05) is 18.5 Å². The summed E-state index contributed by atoms with van der Waals surface area (Å²) in [6.45, 7) is 3.27. The summed E-state index contributed by atoms with van der Waals surface area (Å²) < 4.78 is 2.09. The van der Waals surface area contributed by atoms with E-state index in [1.54, 1.807) is 0 Å². The Morgan fingerprint density at radius 1 is 1.32 bits per heavy atom. The largest absolute Gasteiger partial charge is 0.297 e. The number of nitrogens with one attached hydrogen (secondary N) is 1. The highest BCUT2D eigenvalue weighted by Gasteiger charge is 2.30. The minimum Gasteiger partial charge on any atom is -0.297 e. The van der Waals surface area contributed by atoms with Gasteiger partial charge in [0.25, 0.3) is 0 Å². The van der Waals surface area contributed by atoms with Crippen LogP contribution in [0.3, 0.4) is 0 Å². The van der Waals surface area contributed by atoms with E-state index in [1.165, 1.54) is 30.5 Å². The van der Waals surface area contributed by atoms with Crippen LogP contribution in [0.25, 0.3) is 0 Å². The minimum atomic E-state index is 0.534. The van der Waals surface area contributed by atoms with Gasteiger partial charge in [-0.2, -0.15) is 10.2 Å². The van der Waals surface area contributed by atoms with E-state index in [9.17, 15) is 0 Å². The molecule has 1 unspecified atom stereocenters. The van der Waals surface area contributed by atoms with Gasteiger partial charge in [0, 0.05) is 49.2 Å². The molecule has 0 spiro atoms. The number of hydrogen-bond acceptors (Lipinski definition) is 3. The van der Waals surface area contributed by atoms with Gasteiger partial charge in [-0.3, -0.25) is 14.7 Å². The maximum Gasteiger partial charge on any atom is 0.0658 e. The first kappa shape index (κ1) is 11.2. The van der Waals surface area contributed by atoms with E-state index in [0.717, 1.165) is 25.6 Å². The molecule has 19 heavy (non-hydrogen) atoms. The van der Waals surface area contributed by atoms with Crippen molar-refractivity contribution < 1.29 is 0 Å². The molecule has 2 aromatic rings. The first-order chi connectivity index (χ1) is 9.40. The van der Waals surface area contributed by atoms with Gasteiger partial charge in [0.2, 0.25) is 0 Å². The van der Waals surface area contributed by atoms with Crippen molar-refractivity contribution >= 4 is 0 Å². The van der Waals surface area contributed by atoms with Gasteiger partial charge in [0.1, 0.15) is 0 Å². The molecular formula is C14H19N5. The summed E-state index contributed by atoms with van der Waals surface area (Å²) in [6, 6.07) is 2.54. The topological polar surface area (TPSA) is 49.7 Å². The molecule has 4 rings (SSSR count). The molecule has 5 nitrogen and oxygen atoms in total. The lowest BCUT2D eigenvalue weighted by Crippen LogP contribution is -2.21. The van der Waals surface area contributed by atoms with Gasteiger partial charge in [-0.25, -0.2) is 0 Å². The first-order valence-electron chi connectivity index (χ1n) is 7.14. The van der Waals surface area contributed by atoms with Crippen LogP contribution in [0.4, 0.5) is 0 Å². The fourth-order valence-electron chi connectivity index (χ4n) is 3.08. The third-order valence-electron chi connectivity index (χ3n) is 4.28. The van der Waals surface area contributed by atoms with Gasteiger partial charge in [-0.05, 0) is 25.3 Å². The van der Waals surface area contributed by atoms with E-state index in [0.29, 0.717) is 6.04 Å². The summed E-state index contributed by atoms with van der Waals surface area (Å²) in [5, 5.41) is 11.8. The van der Waals surface area contributed by atoms with Crippen molar-refractivity contribution in [3.05, 3.63) is 35.9 Å². The molecule has 1 aliphatic heterocycles. The zero-order valence-electron chi connectivity index (χ0n) is 11.0. The predicted molar refractivity (Wildman–Crippen MR) is 71.7 cm³/mol. The average molecular weight is 257 g/mol. The second-order valence-corrected chi connectivity index (χ2v) is 5.75. The van der Waals surface area contributed by atoms with Crippen LogP contribution in [0.15, 0.2) is 24.7 Å². The maximum atomic E-state index is 4.36. The van der Waals surface area contributed by atoms with Crippen LogP contribution >= 0.6 is 0 Å². The number of H-pyrrole nitrogens is 1. The highest BCUT2D eigenvalue weighted by atomic mass is 15.3. The summed E-state index contributed by atoms with van der Waals surface area (Å²) in [5.74, 6) is 0.752. The predicted octanol–water partition coefficient (Wildman–Crippen LogP) is 1.93. The van der Waals surface area contributed by atoms with Crippen LogP contribution in [0, 0.1) is 0 Å². The quantitative estimate of drug-likeness (QED) is 0.910. The van der Waals surface area contributed by atoms with Crippen LogP contribution in [0.5, 0.6) is 0 Å². The minimum absolute atomic E-state index is 0.534. The van der Waals surface area contributed by atoms with E-state index < -0.39 is 0 Å². The molecule has 0 bridgehead atoms. The Morgan fingerprint density at radius 2 is 2.26 bits per heavy atom.